The Morgan fingerprint density at radius 3 is 2.83 bits per heavy atom. The molecule has 1 N–H and O–H groups in total. The number of aromatic nitrogens is 1. The van der Waals surface area contributed by atoms with Gasteiger partial charge in [0.05, 0.1) is 20.3 Å². The van der Waals surface area contributed by atoms with Gasteiger partial charge in [-0.25, -0.2) is 4.98 Å². The maximum atomic E-state index is 5.44. The minimum Gasteiger partial charge on any atom is -0.494 e. The number of hydrogen-bond donors (Lipinski definition) is 1. The molecule has 0 bridgehead atoms. The van der Waals surface area contributed by atoms with E-state index in [4.69, 9.17) is 14.5 Å². The van der Waals surface area contributed by atoms with Gasteiger partial charge in [0.2, 0.25) is 0 Å². The van der Waals surface area contributed by atoms with E-state index in [9.17, 15) is 0 Å². The van der Waals surface area contributed by atoms with Crippen LogP contribution in [0.15, 0.2) is 30.3 Å². The van der Waals surface area contributed by atoms with Crippen molar-refractivity contribution in [1.29, 1.82) is 0 Å². The Bertz CT molecular complexity index is 641. The first-order valence-corrected chi connectivity index (χ1v) is 8.31. The molecule has 1 fully saturated rings. The Kier molecular flexibility index (Phi) is 5.31. The van der Waals surface area contributed by atoms with Crippen LogP contribution in [0, 0.1) is 0 Å². The summed E-state index contributed by atoms with van der Waals surface area (Å²) in [6.07, 6.45) is 1.11. The van der Waals surface area contributed by atoms with Gasteiger partial charge in [0, 0.05) is 31.1 Å². The Morgan fingerprint density at radius 2 is 2.09 bits per heavy atom. The quantitative estimate of drug-likeness (QED) is 0.888. The molecule has 0 radical (unpaired) electrons. The maximum absolute atomic E-state index is 5.44. The lowest BCUT2D eigenvalue weighted by Gasteiger charge is -2.34. The van der Waals surface area contributed by atoms with E-state index in [1.54, 1.807) is 7.11 Å². The van der Waals surface area contributed by atoms with E-state index in [0.717, 1.165) is 61.7 Å². The Balaban J connectivity index is 1.70. The summed E-state index contributed by atoms with van der Waals surface area (Å²) in [5, 5.41) is 4.58. The van der Waals surface area contributed by atoms with Crippen LogP contribution in [-0.2, 0) is 4.74 Å². The molecule has 5 nitrogen and oxygen atoms in total. The van der Waals surface area contributed by atoms with Crippen molar-refractivity contribution in [2.45, 2.75) is 19.4 Å². The van der Waals surface area contributed by atoms with Gasteiger partial charge in [-0.05, 0) is 24.6 Å². The average Bonchev–Trinajstić information content (AvgIpc) is 2.62. The van der Waals surface area contributed by atoms with Gasteiger partial charge in [-0.2, -0.15) is 0 Å². The van der Waals surface area contributed by atoms with Crippen molar-refractivity contribution >= 4 is 16.7 Å². The zero-order valence-electron chi connectivity index (χ0n) is 13.9. The van der Waals surface area contributed by atoms with Gasteiger partial charge in [0.15, 0.2) is 0 Å². The van der Waals surface area contributed by atoms with Crippen molar-refractivity contribution in [1.82, 2.24) is 9.88 Å². The number of para-hydroxylation sites is 1. The number of rotatable bonds is 6. The summed E-state index contributed by atoms with van der Waals surface area (Å²) in [6, 6.07) is 10.6. The molecule has 0 unspecified atom stereocenters. The van der Waals surface area contributed by atoms with Crippen LogP contribution in [0.5, 0.6) is 5.75 Å². The lowest BCUT2D eigenvalue weighted by Crippen LogP contribution is -2.46. The average molecular weight is 315 g/mol. The number of methoxy groups -OCH3 is 1. The van der Waals surface area contributed by atoms with Crippen LogP contribution in [-0.4, -0.2) is 55.9 Å². The molecule has 0 saturated carbocycles. The van der Waals surface area contributed by atoms with Gasteiger partial charge in [0.1, 0.15) is 17.1 Å². The standard InChI is InChI=1S/C18H25N3O2/c1-3-15(21-9-11-23-12-10-21)13-19-17-8-7-14-5-4-6-16(22-2)18(14)20-17/h4-8,15H,3,9-13H2,1-2H3,(H,19,20)/t15-/m1/s1. The smallest absolute Gasteiger partial charge is 0.145 e. The summed E-state index contributed by atoms with van der Waals surface area (Å²) in [6.45, 7) is 6.82. The SMILES string of the molecule is CC[C@H](CNc1ccc2cccc(OC)c2n1)N1CCOCC1. The van der Waals surface area contributed by atoms with Crippen LogP contribution in [0.1, 0.15) is 13.3 Å². The molecule has 1 aliphatic heterocycles. The van der Waals surface area contributed by atoms with Gasteiger partial charge in [0.25, 0.3) is 0 Å². The zero-order valence-corrected chi connectivity index (χ0v) is 13.9. The Labute approximate surface area is 137 Å². The normalized spacial score (nSPS) is 17.1. The molecular weight excluding hydrogens is 290 g/mol. The third-order valence-electron chi connectivity index (χ3n) is 4.46. The molecule has 2 aromatic rings. The highest BCUT2D eigenvalue weighted by atomic mass is 16.5. The minimum absolute atomic E-state index is 0.508. The summed E-state index contributed by atoms with van der Waals surface area (Å²) < 4.78 is 10.9. The molecule has 1 saturated heterocycles. The van der Waals surface area contributed by atoms with Crippen molar-refractivity contribution in [3.8, 4) is 5.75 Å². The molecule has 1 aliphatic rings. The molecule has 0 aliphatic carbocycles. The predicted octanol–water partition coefficient (Wildman–Crippen LogP) is 2.77. The van der Waals surface area contributed by atoms with Crippen molar-refractivity contribution in [2.75, 3.05) is 45.3 Å². The van der Waals surface area contributed by atoms with Gasteiger partial charge in [-0.15, -0.1) is 0 Å². The highest BCUT2D eigenvalue weighted by Crippen LogP contribution is 2.24. The fourth-order valence-corrected chi connectivity index (χ4v) is 3.08. The molecule has 1 atom stereocenters. The number of benzene rings is 1. The summed E-state index contributed by atoms with van der Waals surface area (Å²) in [7, 11) is 1.68. The Hall–Kier alpha value is -1.85. The van der Waals surface area contributed by atoms with Crippen LogP contribution in [0.25, 0.3) is 10.9 Å². The molecular formula is C18H25N3O2. The molecule has 2 heterocycles. The van der Waals surface area contributed by atoms with E-state index in [1.165, 1.54) is 0 Å². The van der Waals surface area contributed by atoms with Crippen LogP contribution >= 0.6 is 0 Å². The fraction of sp³-hybridized carbons (Fsp3) is 0.500. The van der Waals surface area contributed by atoms with Crippen molar-refractivity contribution < 1.29 is 9.47 Å². The van der Waals surface area contributed by atoms with Gasteiger partial charge < -0.3 is 14.8 Å². The second-order valence-electron chi connectivity index (χ2n) is 5.82. The third kappa shape index (κ3) is 3.74. The summed E-state index contributed by atoms with van der Waals surface area (Å²) in [5.41, 5.74) is 0.902. The summed E-state index contributed by atoms with van der Waals surface area (Å²) >= 11 is 0. The van der Waals surface area contributed by atoms with Crippen LogP contribution in [0.2, 0.25) is 0 Å². The highest BCUT2D eigenvalue weighted by molar-refractivity contribution is 5.85. The van der Waals surface area contributed by atoms with Crippen LogP contribution < -0.4 is 10.1 Å². The lowest BCUT2D eigenvalue weighted by atomic mass is 10.1. The Morgan fingerprint density at radius 1 is 1.26 bits per heavy atom. The first-order valence-electron chi connectivity index (χ1n) is 8.31. The summed E-state index contributed by atoms with van der Waals surface area (Å²) in [4.78, 5) is 7.22. The minimum atomic E-state index is 0.508. The van der Waals surface area contributed by atoms with Gasteiger partial charge in [-0.3, -0.25) is 4.90 Å². The highest BCUT2D eigenvalue weighted by Gasteiger charge is 2.19. The molecule has 1 aromatic carbocycles. The van der Waals surface area contributed by atoms with Crippen LogP contribution in [0.4, 0.5) is 5.82 Å². The lowest BCUT2D eigenvalue weighted by molar-refractivity contribution is 0.0184. The molecule has 3 rings (SSSR count). The van der Waals surface area contributed by atoms with E-state index in [1.807, 2.05) is 18.2 Å². The number of fused-ring (bicyclic) bond motifs is 1. The topological polar surface area (TPSA) is 46.6 Å². The van der Waals surface area contributed by atoms with E-state index >= 15 is 0 Å². The number of hydrogen-bond acceptors (Lipinski definition) is 5. The van der Waals surface area contributed by atoms with Crippen molar-refractivity contribution in [3.05, 3.63) is 30.3 Å². The molecule has 5 heteroatoms. The second-order valence-corrected chi connectivity index (χ2v) is 5.82. The van der Waals surface area contributed by atoms with Gasteiger partial charge in [-0.1, -0.05) is 19.1 Å². The van der Waals surface area contributed by atoms with Crippen molar-refractivity contribution in [3.63, 3.8) is 0 Å². The molecule has 23 heavy (non-hydrogen) atoms. The molecule has 0 spiro atoms. The number of ether oxygens (including phenoxy) is 2. The zero-order chi connectivity index (χ0) is 16.1. The fourth-order valence-electron chi connectivity index (χ4n) is 3.08. The molecule has 124 valence electrons. The molecule has 0 amide bonds. The van der Waals surface area contributed by atoms with Gasteiger partial charge >= 0.3 is 0 Å². The number of anilines is 1. The van der Waals surface area contributed by atoms with E-state index in [2.05, 4.69) is 29.3 Å². The first-order chi connectivity index (χ1) is 11.3. The number of nitrogens with one attached hydrogen (secondary N) is 1. The van der Waals surface area contributed by atoms with Crippen molar-refractivity contribution in [2.24, 2.45) is 0 Å². The third-order valence-corrected chi connectivity index (χ3v) is 4.46. The summed E-state index contributed by atoms with van der Waals surface area (Å²) in [5.74, 6) is 1.71. The number of nitrogens with zero attached hydrogens (tertiary/aromatic N) is 2. The largest absolute Gasteiger partial charge is 0.494 e. The molecule has 1 aromatic heterocycles. The first kappa shape index (κ1) is 16.0. The predicted molar refractivity (Wildman–Crippen MR) is 93.3 cm³/mol. The van der Waals surface area contributed by atoms with E-state index in [0.29, 0.717) is 6.04 Å². The second kappa shape index (κ2) is 7.62. The monoisotopic (exact) mass is 315 g/mol. The maximum Gasteiger partial charge on any atom is 0.145 e. The number of pyridine rings is 1. The van der Waals surface area contributed by atoms with E-state index < -0.39 is 0 Å². The number of morpholine rings is 1. The van der Waals surface area contributed by atoms with Crippen LogP contribution in [0.3, 0.4) is 0 Å². The van der Waals surface area contributed by atoms with E-state index in [-0.39, 0.29) is 0 Å².